The molecule has 1 aromatic rings. The molecule has 0 atom stereocenters. The highest BCUT2D eigenvalue weighted by molar-refractivity contribution is 5.97. The minimum absolute atomic E-state index is 0.114. The van der Waals surface area contributed by atoms with Crippen LogP contribution in [0.3, 0.4) is 0 Å². The van der Waals surface area contributed by atoms with Gasteiger partial charge in [-0.15, -0.1) is 0 Å². The first-order valence-electron chi connectivity index (χ1n) is 6.07. The van der Waals surface area contributed by atoms with Crippen LogP contribution in [0.2, 0.25) is 0 Å². The van der Waals surface area contributed by atoms with Gasteiger partial charge in [0.1, 0.15) is 5.70 Å². The third kappa shape index (κ3) is 5.29. The molecule has 0 fully saturated rings. The highest BCUT2D eigenvalue weighted by Crippen LogP contribution is 2.29. The quantitative estimate of drug-likeness (QED) is 0.687. The molecule has 1 amide bonds. The Morgan fingerprint density at radius 3 is 2.24 bits per heavy atom. The molecule has 0 spiro atoms. The Balaban J connectivity index is 3.04. The first kappa shape index (κ1) is 16.7. The standard InChI is InChI=1S/C14H14F3NO3/c1-3-21-13(20)12(18-9(2)19)8-10-4-6-11(7-5-10)14(15,16)17/h4-8H,3H2,1-2H3,(H,18,19)/b12-8-. The number of benzene rings is 1. The van der Waals surface area contributed by atoms with E-state index in [1.165, 1.54) is 25.1 Å². The van der Waals surface area contributed by atoms with Crippen LogP contribution in [0.15, 0.2) is 30.0 Å². The second-order valence-electron chi connectivity index (χ2n) is 4.08. The molecule has 0 aliphatic carbocycles. The molecule has 0 bridgehead atoms. The van der Waals surface area contributed by atoms with Crippen LogP contribution in [-0.2, 0) is 20.5 Å². The maximum absolute atomic E-state index is 12.4. The molecule has 1 N–H and O–H groups in total. The summed E-state index contributed by atoms with van der Waals surface area (Å²) in [5, 5.41) is 2.28. The zero-order chi connectivity index (χ0) is 16.0. The summed E-state index contributed by atoms with van der Waals surface area (Å²) in [6.45, 7) is 2.92. The third-order valence-corrected chi connectivity index (χ3v) is 2.36. The molecule has 0 aliphatic heterocycles. The highest BCUT2D eigenvalue weighted by Gasteiger charge is 2.29. The summed E-state index contributed by atoms with van der Waals surface area (Å²) < 4.78 is 42.1. The fraction of sp³-hybridized carbons (Fsp3) is 0.286. The largest absolute Gasteiger partial charge is 0.461 e. The van der Waals surface area contributed by atoms with E-state index in [-0.39, 0.29) is 12.3 Å². The van der Waals surface area contributed by atoms with Crippen molar-refractivity contribution in [1.29, 1.82) is 0 Å². The molecular weight excluding hydrogens is 287 g/mol. The molecule has 0 heterocycles. The predicted molar refractivity (Wildman–Crippen MR) is 69.9 cm³/mol. The van der Waals surface area contributed by atoms with Crippen molar-refractivity contribution in [1.82, 2.24) is 5.32 Å². The van der Waals surface area contributed by atoms with Crippen LogP contribution in [-0.4, -0.2) is 18.5 Å². The summed E-state index contributed by atoms with van der Waals surface area (Å²) in [7, 11) is 0. The zero-order valence-corrected chi connectivity index (χ0v) is 11.5. The van der Waals surface area contributed by atoms with Crippen LogP contribution in [0.5, 0.6) is 0 Å². The molecule has 0 aromatic heterocycles. The van der Waals surface area contributed by atoms with Gasteiger partial charge < -0.3 is 10.1 Å². The lowest BCUT2D eigenvalue weighted by atomic mass is 10.1. The summed E-state index contributed by atoms with van der Waals surface area (Å²) >= 11 is 0. The van der Waals surface area contributed by atoms with Crippen molar-refractivity contribution in [3.63, 3.8) is 0 Å². The molecule has 0 unspecified atom stereocenters. The first-order valence-corrected chi connectivity index (χ1v) is 6.07. The summed E-state index contributed by atoms with van der Waals surface area (Å²) in [5.74, 6) is -1.24. The number of esters is 1. The van der Waals surface area contributed by atoms with Crippen LogP contribution in [0.4, 0.5) is 13.2 Å². The normalized spacial score (nSPS) is 12.0. The Morgan fingerprint density at radius 1 is 1.24 bits per heavy atom. The molecular formula is C14H14F3NO3. The van der Waals surface area contributed by atoms with E-state index in [9.17, 15) is 22.8 Å². The van der Waals surface area contributed by atoms with Crippen LogP contribution in [0.1, 0.15) is 25.0 Å². The van der Waals surface area contributed by atoms with Gasteiger partial charge in [-0.3, -0.25) is 4.79 Å². The van der Waals surface area contributed by atoms with E-state index < -0.39 is 23.6 Å². The van der Waals surface area contributed by atoms with Crippen molar-refractivity contribution >= 4 is 18.0 Å². The third-order valence-electron chi connectivity index (χ3n) is 2.36. The minimum atomic E-state index is -4.43. The lowest BCUT2D eigenvalue weighted by Crippen LogP contribution is -2.26. The average molecular weight is 301 g/mol. The molecule has 1 rings (SSSR count). The van der Waals surface area contributed by atoms with Crippen LogP contribution in [0.25, 0.3) is 6.08 Å². The van der Waals surface area contributed by atoms with Gasteiger partial charge in [-0.25, -0.2) is 4.79 Å². The molecule has 7 heteroatoms. The van der Waals surface area contributed by atoms with Gasteiger partial charge in [-0.1, -0.05) is 12.1 Å². The number of amides is 1. The highest BCUT2D eigenvalue weighted by atomic mass is 19.4. The molecule has 0 aliphatic rings. The first-order chi connectivity index (χ1) is 9.74. The van der Waals surface area contributed by atoms with E-state index >= 15 is 0 Å². The monoisotopic (exact) mass is 301 g/mol. The lowest BCUT2D eigenvalue weighted by Gasteiger charge is -2.09. The van der Waals surface area contributed by atoms with E-state index in [0.717, 1.165) is 12.1 Å². The second kappa shape index (κ2) is 6.92. The number of ether oxygens (including phenoxy) is 1. The number of rotatable bonds is 4. The molecule has 21 heavy (non-hydrogen) atoms. The van der Waals surface area contributed by atoms with Crippen LogP contribution < -0.4 is 5.32 Å². The van der Waals surface area contributed by atoms with Crippen LogP contribution in [0, 0.1) is 0 Å². The molecule has 114 valence electrons. The fourth-order valence-electron chi connectivity index (χ4n) is 1.48. The molecule has 1 aromatic carbocycles. The van der Waals surface area contributed by atoms with Crippen molar-refractivity contribution in [2.24, 2.45) is 0 Å². The van der Waals surface area contributed by atoms with Gasteiger partial charge in [0.25, 0.3) is 0 Å². The number of hydrogen-bond donors (Lipinski definition) is 1. The summed E-state index contributed by atoms with van der Waals surface area (Å²) in [5.41, 5.74) is -0.597. The molecule has 0 saturated heterocycles. The summed E-state index contributed by atoms with van der Waals surface area (Å²) in [4.78, 5) is 22.7. The Labute approximate surface area is 119 Å². The topological polar surface area (TPSA) is 55.4 Å². The van der Waals surface area contributed by atoms with E-state index in [1.54, 1.807) is 6.92 Å². The number of carbonyl (C=O) groups excluding carboxylic acids is 2. The van der Waals surface area contributed by atoms with Gasteiger partial charge in [-0.05, 0) is 30.7 Å². The van der Waals surface area contributed by atoms with Crippen molar-refractivity contribution in [2.75, 3.05) is 6.61 Å². The number of carbonyl (C=O) groups is 2. The Kier molecular flexibility index (Phi) is 5.52. The predicted octanol–water partition coefficient (Wildman–Crippen LogP) is 2.75. The molecule has 0 radical (unpaired) electrons. The van der Waals surface area contributed by atoms with E-state index in [1.807, 2.05) is 0 Å². The maximum atomic E-state index is 12.4. The van der Waals surface area contributed by atoms with E-state index in [2.05, 4.69) is 5.32 Å². The maximum Gasteiger partial charge on any atom is 0.416 e. The SMILES string of the molecule is CCOC(=O)/C(=C/c1ccc(C(F)(F)F)cc1)NC(C)=O. The van der Waals surface area contributed by atoms with Gasteiger partial charge in [0, 0.05) is 6.92 Å². The number of nitrogens with one attached hydrogen (secondary N) is 1. The average Bonchev–Trinajstić information content (AvgIpc) is 2.37. The smallest absolute Gasteiger partial charge is 0.416 e. The second-order valence-corrected chi connectivity index (χ2v) is 4.08. The van der Waals surface area contributed by atoms with Crippen molar-refractivity contribution in [3.8, 4) is 0 Å². The summed E-state index contributed by atoms with van der Waals surface area (Å²) in [6.07, 6.45) is -3.18. The van der Waals surface area contributed by atoms with Crippen molar-refractivity contribution in [2.45, 2.75) is 20.0 Å². The molecule has 4 nitrogen and oxygen atoms in total. The summed E-state index contributed by atoms with van der Waals surface area (Å²) in [6, 6.07) is 4.18. The fourth-order valence-corrected chi connectivity index (χ4v) is 1.48. The Hall–Kier alpha value is -2.31. The Bertz CT molecular complexity index is 548. The molecule has 0 saturated carbocycles. The van der Waals surface area contributed by atoms with Gasteiger partial charge >= 0.3 is 12.1 Å². The zero-order valence-electron chi connectivity index (χ0n) is 11.5. The van der Waals surface area contributed by atoms with Gasteiger partial charge in [-0.2, -0.15) is 13.2 Å². The van der Waals surface area contributed by atoms with E-state index in [4.69, 9.17) is 4.74 Å². The van der Waals surface area contributed by atoms with Gasteiger partial charge in [0.15, 0.2) is 0 Å². The Morgan fingerprint density at radius 2 is 1.81 bits per heavy atom. The van der Waals surface area contributed by atoms with Crippen molar-refractivity contribution in [3.05, 3.63) is 41.1 Å². The van der Waals surface area contributed by atoms with Gasteiger partial charge in [0.2, 0.25) is 5.91 Å². The van der Waals surface area contributed by atoms with Gasteiger partial charge in [0.05, 0.1) is 12.2 Å². The van der Waals surface area contributed by atoms with Crippen LogP contribution >= 0.6 is 0 Å². The van der Waals surface area contributed by atoms with E-state index in [0.29, 0.717) is 5.56 Å². The number of alkyl halides is 3. The van der Waals surface area contributed by atoms with Crippen molar-refractivity contribution < 1.29 is 27.5 Å². The lowest BCUT2D eigenvalue weighted by molar-refractivity contribution is -0.140. The minimum Gasteiger partial charge on any atom is -0.461 e. The number of halogens is 3. The number of hydrogen-bond acceptors (Lipinski definition) is 3.